The Morgan fingerprint density at radius 2 is 1.94 bits per heavy atom. The van der Waals surface area contributed by atoms with Crippen molar-refractivity contribution >= 4 is 22.8 Å². The van der Waals surface area contributed by atoms with Crippen molar-refractivity contribution in [2.45, 2.75) is 12.8 Å². The lowest BCUT2D eigenvalue weighted by molar-refractivity contribution is -0.136. The number of carboxylic acids is 1. The number of hydrogen-bond donors (Lipinski definition) is 2. The highest BCUT2D eigenvalue weighted by Gasteiger charge is 2.02. The Kier molecular flexibility index (Phi) is 3.63. The maximum absolute atomic E-state index is 10.4. The lowest BCUT2D eigenvalue weighted by Gasteiger charge is -2.04. The van der Waals surface area contributed by atoms with Crippen LogP contribution in [0.5, 0.6) is 5.75 Å². The topological polar surface area (TPSA) is 57.5 Å². The maximum Gasteiger partial charge on any atom is 0.303 e. The van der Waals surface area contributed by atoms with Gasteiger partial charge >= 0.3 is 5.97 Å². The molecule has 0 bridgehead atoms. The number of hydrogen-bond acceptors (Lipinski definition) is 2. The van der Waals surface area contributed by atoms with Crippen LogP contribution in [0.25, 0.3) is 16.8 Å². The monoisotopic (exact) mass is 242 g/mol. The summed E-state index contributed by atoms with van der Waals surface area (Å²) in [5, 5.41) is 20.4. The molecule has 92 valence electrons. The normalized spacial score (nSPS) is 11.1. The van der Waals surface area contributed by atoms with E-state index in [0.29, 0.717) is 12.0 Å². The number of rotatable bonds is 4. The molecule has 0 aliphatic heterocycles. The van der Waals surface area contributed by atoms with Gasteiger partial charge in [-0.3, -0.25) is 4.79 Å². The van der Waals surface area contributed by atoms with Crippen molar-refractivity contribution in [3.63, 3.8) is 0 Å². The SMILES string of the molecule is O=C(O)CCC=Cc1ccc2ccccc2c1O. The summed E-state index contributed by atoms with van der Waals surface area (Å²) in [7, 11) is 0. The van der Waals surface area contributed by atoms with Crippen molar-refractivity contribution in [2.24, 2.45) is 0 Å². The molecule has 3 heteroatoms. The fourth-order valence-corrected chi connectivity index (χ4v) is 1.82. The quantitative estimate of drug-likeness (QED) is 0.863. The number of carbonyl (C=O) groups is 1. The van der Waals surface area contributed by atoms with Crippen LogP contribution in [0.15, 0.2) is 42.5 Å². The van der Waals surface area contributed by atoms with E-state index < -0.39 is 5.97 Å². The fourth-order valence-electron chi connectivity index (χ4n) is 1.82. The van der Waals surface area contributed by atoms with Crippen molar-refractivity contribution in [1.82, 2.24) is 0 Å². The van der Waals surface area contributed by atoms with E-state index in [2.05, 4.69) is 0 Å². The lowest BCUT2D eigenvalue weighted by Crippen LogP contribution is -1.91. The standard InChI is InChI=1S/C15H14O3/c16-14(17)8-4-2-6-12-10-9-11-5-1-3-7-13(11)15(12)18/h1-3,5-7,9-10,18H,4,8H2,(H,16,17). The Balaban J connectivity index is 2.24. The van der Waals surface area contributed by atoms with Crippen molar-refractivity contribution in [3.05, 3.63) is 48.0 Å². The van der Waals surface area contributed by atoms with Gasteiger partial charge in [0.1, 0.15) is 5.75 Å². The predicted octanol–water partition coefficient (Wildman–Crippen LogP) is 3.42. The Morgan fingerprint density at radius 1 is 1.17 bits per heavy atom. The Labute approximate surface area is 105 Å². The molecule has 18 heavy (non-hydrogen) atoms. The van der Waals surface area contributed by atoms with Gasteiger partial charge < -0.3 is 10.2 Å². The average molecular weight is 242 g/mol. The summed E-state index contributed by atoms with van der Waals surface area (Å²) >= 11 is 0. The van der Waals surface area contributed by atoms with Crippen molar-refractivity contribution in [3.8, 4) is 5.75 Å². The Bertz CT molecular complexity index is 600. The summed E-state index contributed by atoms with van der Waals surface area (Å²) in [6, 6.07) is 11.4. The fraction of sp³-hybridized carbons (Fsp3) is 0.133. The van der Waals surface area contributed by atoms with Crippen LogP contribution in [0.3, 0.4) is 0 Å². The summed E-state index contributed by atoms with van der Waals surface area (Å²) < 4.78 is 0. The number of allylic oxidation sites excluding steroid dienone is 1. The van der Waals surface area contributed by atoms with E-state index in [1.165, 1.54) is 0 Å². The van der Waals surface area contributed by atoms with Crippen LogP contribution in [0, 0.1) is 0 Å². The van der Waals surface area contributed by atoms with E-state index in [-0.39, 0.29) is 12.2 Å². The highest BCUT2D eigenvalue weighted by molar-refractivity contribution is 5.91. The highest BCUT2D eigenvalue weighted by Crippen LogP contribution is 2.29. The first-order chi connectivity index (χ1) is 8.68. The van der Waals surface area contributed by atoms with E-state index in [1.54, 1.807) is 12.2 Å². The molecule has 0 radical (unpaired) electrons. The number of phenolic OH excluding ortho intramolecular Hbond substituents is 1. The first kappa shape index (κ1) is 12.2. The van der Waals surface area contributed by atoms with Gasteiger partial charge in [0.15, 0.2) is 0 Å². The van der Waals surface area contributed by atoms with Crippen LogP contribution >= 0.6 is 0 Å². The van der Waals surface area contributed by atoms with Crippen molar-refractivity contribution < 1.29 is 15.0 Å². The zero-order chi connectivity index (χ0) is 13.0. The van der Waals surface area contributed by atoms with Gasteiger partial charge in [0, 0.05) is 17.4 Å². The van der Waals surface area contributed by atoms with Crippen LogP contribution < -0.4 is 0 Å². The lowest BCUT2D eigenvalue weighted by atomic mass is 10.0. The van der Waals surface area contributed by atoms with Gasteiger partial charge in [0.2, 0.25) is 0 Å². The zero-order valence-electron chi connectivity index (χ0n) is 9.84. The predicted molar refractivity (Wildman–Crippen MR) is 71.5 cm³/mol. The molecule has 0 amide bonds. The second kappa shape index (κ2) is 5.36. The molecule has 0 saturated heterocycles. The van der Waals surface area contributed by atoms with E-state index in [1.807, 2.05) is 36.4 Å². The largest absolute Gasteiger partial charge is 0.507 e. The molecule has 0 atom stereocenters. The molecule has 2 rings (SSSR count). The van der Waals surface area contributed by atoms with Gasteiger partial charge in [-0.15, -0.1) is 0 Å². The number of fused-ring (bicyclic) bond motifs is 1. The molecule has 0 heterocycles. The average Bonchev–Trinajstić information content (AvgIpc) is 2.37. The van der Waals surface area contributed by atoms with Gasteiger partial charge in [-0.1, -0.05) is 48.6 Å². The van der Waals surface area contributed by atoms with E-state index in [4.69, 9.17) is 5.11 Å². The molecule has 3 nitrogen and oxygen atoms in total. The van der Waals surface area contributed by atoms with Gasteiger partial charge in [-0.05, 0) is 11.8 Å². The second-order valence-corrected chi connectivity index (χ2v) is 4.06. The van der Waals surface area contributed by atoms with Crippen LogP contribution in [-0.2, 0) is 4.79 Å². The molecule has 0 aromatic heterocycles. The highest BCUT2D eigenvalue weighted by atomic mass is 16.4. The Morgan fingerprint density at radius 3 is 2.72 bits per heavy atom. The maximum atomic E-state index is 10.4. The third-order valence-corrected chi connectivity index (χ3v) is 2.75. The number of aliphatic carboxylic acids is 1. The van der Waals surface area contributed by atoms with Gasteiger partial charge in [0.05, 0.1) is 0 Å². The minimum absolute atomic E-state index is 0.102. The van der Waals surface area contributed by atoms with Gasteiger partial charge in [0.25, 0.3) is 0 Å². The second-order valence-electron chi connectivity index (χ2n) is 4.06. The summed E-state index contributed by atoms with van der Waals surface area (Å²) in [5.74, 6) is -0.581. The Hall–Kier alpha value is -2.29. The summed E-state index contributed by atoms with van der Waals surface area (Å²) in [5.41, 5.74) is 0.707. The number of benzene rings is 2. The van der Waals surface area contributed by atoms with Crippen molar-refractivity contribution in [1.29, 1.82) is 0 Å². The summed E-state index contributed by atoms with van der Waals surface area (Å²) in [6.07, 6.45) is 4.08. The molecule has 0 aliphatic rings. The molecule has 0 spiro atoms. The summed E-state index contributed by atoms with van der Waals surface area (Å²) in [6.45, 7) is 0. The molecule has 2 aromatic rings. The molecule has 2 N–H and O–H groups in total. The van der Waals surface area contributed by atoms with Crippen LogP contribution in [0.2, 0.25) is 0 Å². The molecule has 0 saturated carbocycles. The van der Waals surface area contributed by atoms with Gasteiger partial charge in [-0.25, -0.2) is 0 Å². The van der Waals surface area contributed by atoms with Crippen LogP contribution in [-0.4, -0.2) is 16.2 Å². The first-order valence-corrected chi connectivity index (χ1v) is 5.77. The zero-order valence-corrected chi connectivity index (χ0v) is 9.84. The van der Waals surface area contributed by atoms with Crippen LogP contribution in [0.4, 0.5) is 0 Å². The molecule has 2 aromatic carbocycles. The van der Waals surface area contributed by atoms with E-state index >= 15 is 0 Å². The number of aromatic hydroxyl groups is 1. The molecular weight excluding hydrogens is 228 g/mol. The third kappa shape index (κ3) is 2.69. The number of phenols is 1. The van der Waals surface area contributed by atoms with E-state index in [0.717, 1.165) is 10.8 Å². The minimum atomic E-state index is -0.817. The van der Waals surface area contributed by atoms with Crippen LogP contribution in [0.1, 0.15) is 18.4 Å². The van der Waals surface area contributed by atoms with E-state index in [9.17, 15) is 9.90 Å². The third-order valence-electron chi connectivity index (χ3n) is 2.75. The smallest absolute Gasteiger partial charge is 0.303 e. The first-order valence-electron chi connectivity index (χ1n) is 5.77. The molecular formula is C15H14O3. The van der Waals surface area contributed by atoms with Crippen molar-refractivity contribution in [2.75, 3.05) is 0 Å². The minimum Gasteiger partial charge on any atom is -0.507 e. The molecule has 0 unspecified atom stereocenters. The number of carboxylic acid groups (broad SMARTS) is 1. The molecule has 0 aliphatic carbocycles. The molecule has 0 fully saturated rings. The van der Waals surface area contributed by atoms with Gasteiger partial charge in [-0.2, -0.15) is 0 Å². The summed E-state index contributed by atoms with van der Waals surface area (Å²) in [4.78, 5) is 10.4.